The Kier molecular flexibility index (Phi) is 3.09. The largest absolute Gasteiger partial charge is 0.457 e. The topological polar surface area (TPSA) is 46.5 Å². The van der Waals surface area contributed by atoms with E-state index >= 15 is 0 Å². The monoisotopic (exact) mass is 184 g/mol. The van der Waals surface area contributed by atoms with Gasteiger partial charge in [0.05, 0.1) is 12.0 Å². The predicted molar refractivity (Wildman–Crippen MR) is 49.0 cm³/mol. The molecule has 1 heterocycles. The molecule has 3 nitrogen and oxygen atoms in total. The molecule has 4 atom stereocenters. The van der Waals surface area contributed by atoms with Crippen LogP contribution in [0.1, 0.15) is 20.8 Å². The first-order valence-electron chi connectivity index (χ1n) is 4.59. The van der Waals surface area contributed by atoms with Crippen LogP contribution in [-0.2, 0) is 9.53 Å². The zero-order chi connectivity index (χ0) is 10.0. The molecule has 0 spiro atoms. The van der Waals surface area contributed by atoms with Gasteiger partial charge in [-0.15, -0.1) is 0 Å². The lowest BCUT2D eigenvalue weighted by molar-refractivity contribution is -0.172. The summed E-state index contributed by atoms with van der Waals surface area (Å²) in [5.74, 6) is -0.742. The van der Waals surface area contributed by atoms with E-state index < -0.39 is 12.0 Å². The van der Waals surface area contributed by atoms with E-state index in [9.17, 15) is 9.90 Å². The van der Waals surface area contributed by atoms with E-state index in [0.29, 0.717) is 0 Å². The first-order chi connectivity index (χ1) is 6.07. The standard InChI is InChI=1S/C10H16O3/c1-4-5-8-6(2)9(11)7(3)10(12)13-8/h4-9,11H,1-3H3/b5-4+/t6-,7+,8+,9+/m0/s1. The third-order valence-corrected chi connectivity index (χ3v) is 2.58. The van der Waals surface area contributed by atoms with Gasteiger partial charge in [0, 0.05) is 5.92 Å². The molecular formula is C10H16O3. The van der Waals surface area contributed by atoms with Gasteiger partial charge in [-0.1, -0.05) is 13.0 Å². The smallest absolute Gasteiger partial charge is 0.311 e. The zero-order valence-electron chi connectivity index (χ0n) is 8.23. The summed E-state index contributed by atoms with van der Waals surface area (Å²) in [4.78, 5) is 11.2. The number of hydrogen-bond donors (Lipinski definition) is 1. The molecule has 1 aliphatic heterocycles. The van der Waals surface area contributed by atoms with E-state index in [1.807, 2.05) is 19.9 Å². The molecule has 1 N–H and O–H groups in total. The van der Waals surface area contributed by atoms with Crippen LogP contribution < -0.4 is 0 Å². The molecule has 0 amide bonds. The van der Waals surface area contributed by atoms with Gasteiger partial charge in [0.15, 0.2) is 0 Å². The molecule has 1 rings (SSSR count). The Balaban J connectivity index is 2.76. The summed E-state index contributed by atoms with van der Waals surface area (Å²) in [6, 6.07) is 0. The van der Waals surface area contributed by atoms with Crippen LogP contribution in [0.2, 0.25) is 0 Å². The van der Waals surface area contributed by atoms with Gasteiger partial charge in [0.2, 0.25) is 0 Å². The van der Waals surface area contributed by atoms with Gasteiger partial charge in [-0.05, 0) is 19.9 Å². The highest BCUT2D eigenvalue weighted by molar-refractivity contribution is 5.74. The number of hydrogen-bond acceptors (Lipinski definition) is 3. The number of allylic oxidation sites excluding steroid dienone is 1. The van der Waals surface area contributed by atoms with Gasteiger partial charge in [0.1, 0.15) is 6.10 Å². The summed E-state index contributed by atoms with van der Waals surface area (Å²) in [6.45, 7) is 5.44. The van der Waals surface area contributed by atoms with E-state index in [1.54, 1.807) is 13.0 Å². The minimum Gasteiger partial charge on any atom is -0.457 e. The Morgan fingerprint density at radius 3 is 2.62 bits per heavy atom. The molecule has 0 aromatic heterocycles. The van der Waals surface area contributed by atoms with Crippen LogP contribution in [0.4, 0.5) is 0 Å². The lowest BCUT2D eigenvalue weighted by atomic mass is 9.86. The Morgan fingerprint density at radius 2 is 2.08 bits per heavy atom. The number of cyclic esters (lactones) is 1. The minimum atomic E-state index is -0.595. The molecule has 74 valence electrons. The number of carbonyl (C=O) groups excluding carboxylic acids is 1. The Hall–Kier alpha value is -0.830. The van der Waals surface area contributed by atoms with Crippen LogP contribution in [0, 0.1) is 11.8 Å². The molecule has 0 bridgehead atoms. The van der Waals surface area contributed by atoms with Crippen LogP contribution in [0.5, 0.6) is 0 Å². The molecule has 0 radical (unpaired) electrons. The van der Waals surface area contributed by atoms with E-state index in [1.165, 1.54) is 0 Å². The highest BCUT2D eigenvalue weighted by Gasteiger charge is 2.38. The fraction of sp³-hybridized carbons (Fsp3) is 0.700. The van der Waals surface area contributed by atoms with Gasteiger partial charge < -0.3 is 9.84 Å². The van der Waals surface area contributed by atoms with Crippen LogP contribution in [0.25, 0.3) is 0 Å². The van der Waals surface area contributed by atoms with Gasteiger partial charge in [-0.25, -0.2) is 0 Å². The van der Waals surface area contributed by atoms with Crippen LogP contribution in [0.15, 0.2) is 12.2 Å². The molecule has 0 aromatic rings. The number of ether oxygens (including phenoxy) is 1. The normalized spacial score (nSPS) is 40.8. The van der Waals surface area contributed by atoms with E-state index in [0.717, 1.165) is 0 Å². The lowest BCUT2D eigenvalue weighted by Crippen LogP contribution is -2.45. The highest BCUT2D eigenvalue weighted by atomic mass is 16.5. The molecule has 1 saturated heterocycles. The second kappa shape index (κ2) is 3.92. The van der Waals surface area contributed by atoms with Crippen molar-refractivity contribution >= 4 is 5.97 Å². The third-order valence-electron chi connectivity index (χ3n) is 2.58. The van der Waals surface area contributed by atoms with Crippen molar-refractivity contribution in [3.8, 4) is 0 Å². The van der Waals surface area contributed by atoms with Crippen molar-refractivity contribution in [2.45, 2.75) is 33.0 Å². The molecular weight excluding hydrogens is 168 g/mol. The molecule has 0 saturated carbocycles. The van der Waals surface area contributed by atoms with E-state index in [2.05, 4.69) is 0 Å². The molecule has 3 heteroatoms. The molecule has 0 aliphatic carbocycles. The molecule has 1 fully saturated rings. The Labute approximate surface area is 78.4 Å². The lowest BCUT2D eigenvalue weighted by Gasteiger charge is -2.34. The van der Waals surface area contributed by atoms with Crippen molar-refractivity contribution in [3.05, 3.63) is 12.2 Å². The van der Waals surface area contributed by atoms with Gasteiger partial charge >= 0.3 is 5.97 Å². The van der Waals surface area contributed by atoms with Gasteiger partial charge in [-0.3, -0.25) is 4.79 Å². The van der Waals surface area contributed by atoms with Crippen molar-refractivity contribution in [2.75, 3.05) is 0 Å². The summed E-state index contributed by atoms with van der Waals surface area (Å²) in [7, 11) is 0. The minimum absolute atomic E-state index is 0.0242. The maximum atomic E-state index is 11.2. The number of aliphatic hydroxyl groups is 1. The van der Waals surface area contributed by atoms with Crippen molar-refractivity contribution in [1.82, 2.24) is 0 Å². The van der Waals surface area contributed by atoms with Crippen molar-refractivity contribution in [3.63, 3.8) is 0 Å². The highest BCUT2D eigenvalue weighted by Crippen LogP contribution is 2.26. The van der Waals surface area contributed by atoms with Crippen molar-refractivity contribution in [1.29, 1.82) is 0 Å². The van der Waals surface area contributed by atoms with Crippen LogP contribution >= 0.6 is 0 Å². The fourth-order valence-electron chi connectivity index (χ4n) is 1.54. The number of carbonyl (C=O) groups is 1. The van der Waals surface area contributed by atoms with Crippen molar-refractivity contribution in [2.24, 2.45) is 11.8 Å². The summed E-state index contributed by atoms with van der Waals surface area (Å²) < 4.78 is 5.14. The zero-order valence-corrected chi connectivity index (χ0v) is 8.23. The third kappa shape index (κ3) is 1.91. The first kappa shape index (κ1) is 10.3. The number of esters is 1. The Morgan fingerprint density at radius 1 is 1.46 bits per heavy atom. The second-order valence-electron chi connectivity index (χ2n) is 3.57. The average Bonchev–Trinajstić information content (AvgIpc) is 2.11. The fourth-order valence-corrected chi connectivity index (χ4v) is 1.54. The Bertz CT molecular complexity index is 222. The quantitative estimate of drug-likeness (QED) is 0.490. The summed E-state index contributed by atoms with van der Waals surface area (Å²) in [5, 5.41) is 9.68. The molecule has 0 unspecified atom stereocenters. The summed E-state index contributed by atoms with van der Waals surface area (Å²) in [6.07, 6.45) is 2.76. The van der Waals surface area contributed by atoms with Crippen LogP contribution in [0.3, 0.4) is 0 Å². The summed E-state index contributed by atoms with van der Waals surface area (Å²) >= 11 is 0. The van der Waals surface area contributed by atoms with Crippen molar-refractivity contribution < 1.29 is 14.6 Å². The van der Waals surface area contributed by atoms with Gasteiger partial charge in [-0.2, -0.15) is 0 Å². The summed E-state index contributed by atoms with van der Waals surface area (Å²) in [5.41, 5.74) is 0. The molecule has 13 heavy (non-hydrogen) atoms. The SMILES string of the molecule is C/C=C/[C@H]1OC(=O)[C@H](C)[C@H](O)[C@H]1C. The van der Waals surface area contributed by atoms with E-state index in [-0.39, 0.29) is 18.0 Å². The predicted octanol–water partition coefficient (Wildman–Crippen LogP) is 1.12. The maximum Gasteiger partial charge on any atom is 0.311 e. The van der Waals surface area contributed by atoms with Gasteiger partial charge in [0.25, 0.3) is 0 Å². The second-order valence-corrected chi connectivity index (χ2v) is 3.57. The number of aliphatic hydroxyl groups excluding tert-OH is 1. The molecule has 1 aliphatic rings. The number of rotatable bonds is 1. The van der Waals surface area contributed by atoms with E-state index in [4.69, 9.17) is 4.74 Å². The first-order valence-corrected chi connectivity index (χ1v) is 4.59. The molecule has 0 aromatic carbocycles. The average molecular weight is 184 g/mol. The maximum absolute atomic E-state index is 11.2. The van der Waals surface area contributed by atoms with Crippen LogP contribution in [-0.4, -0.2) is 23.3 Å².